The van der Waals surface area contributed by atoms with Gasteiger partial charge in [-0.3, -0.25) is 4.79 Å². The SMILES string of the molecule is COc1cccc(C(=O)N2CCN(C(=O)Nc3cccc(-c4sccc4C)c3)CC2)c1. The topological polar surface area (TPSA) is 61.9 Å². The highest BCUT2D eigenvalue weighted by Gasteiger charge is 2.25. The summed E-state index contributed by atoms with van der Waals surface area (Å²) in [6.45, 7) is 4.07. The number of thiophene rings is 1. The molecule has 7 heteroatoms. The number of hydrogen-bond acceptors (Lipinski definition) is 4. The molecule has 31 heavy (non-hydrogen) atoms. The van der Waals surface area contributed by atoms with Crippen molar-refractivity contribution in [3.63, 3.8) is 0 Å². The summed E-state index contributed by atoms with van der Waals surface area (Å²) in [6, 6.07) is 17.0. The first kappa shape index (κ1) is 20.9. The van der Waals surface area contributed by atoms with Crippen LogP contribution in [0.5, 0.6) is 5.75 Å². The fraction of sp³-hybridized carbons (Fsp3) is 0.250. The first-order chi connectivity index (χ1) is 15.0. The number of rotatable bonds is 4. The molecule has 0 atom stereocenters. The lowest BCUT2D eigenvalue weighted by Gasteiger charge is -2.34. The zero-order valence-electron chi connectivity index (χ0n) is 17.6. The lowest BCUT2D eigenvalue weighted by molar-refractivity contribution is 0.0671. The van der Waals surface area contributed by atoms with E-state index in [1.165, 1.54) is 10.4 Å². The highest BCUT2D eigenvalue weighted by molar-refractivity contribution is 7.13. The van der Waals surface area contributed by atoms with Gasteiger partial charge in [0, 0.05) is 42.3 Å². The second-order valence-corrected chi connectivity index (χ2v) is 8.37. The minimum absolute atomic E-state index is 0.0435. The third-order valence-corrected chi connectivity index (χ3v) is 6.47. The van der Waals surface area contributed by atoms with E-state index in [4.69, 9.17) is 4.74 Å². The van der Waals surface area contributed by atoms with Crippen LogP contribution >= 0.6 is 11.3 Å². The quantitative estimate of drug-likeness (QED) is 0.645. The van der Waals surface area contributed by atoms with Crippen LogP contribution in [0, 0.1) is 6.92 Å². The summed E-state index contributed by atoms with van der Waals surface area (Å²) in [5.41, 5.74) is 3.69. The van der Waals surface area contributed by atoms with Gasteiger partial charge in [-0.25, -0.2) is 4.79 Å². The Morgan fingerprint density at radius 1 is 0.968 bits per heavy atom. The van der Waals surface area contributed by atoms with Crippen LogP contribution < -0.4 is 10.1 Å². The number of piperazine rings is 1. The molecule has 3 amide bonds. The maximum atomic E-state index is 12.8. The minimum atomic E-state index is -0.145. The molecule has 1 N–H and O–H groups in total. The smallest absolute Gasteiger partial charge is 0.321 e. The van der Waals surface area contributed by atoms with Gasteiger partial charge in [0.05, 0.1) is 7.11 Å². The maximum Gasteiger partial charge on any atom is 0.321 e. The van der Waals surface area contributed by atoms with Crippen molar-refractivity contribution in [2.24, 2.45) is 0 Å². The zero-order chi connectivity index (χ0) is 21.8. The molecule has 4 rings (SSSR count). The average Bonchev–Trinajstić information content (AvgIpc) is 3.24. The van der Waals surface area contributed by atoms with Crippen molar-refractivity contribution in [3.05, 3.63) is 71.1 Å². The Balaban J connectivity index is 1.35. The Hall–Kier alpha value is -3.32. The van der Waals surface area contributed by atoms with Crippen LogP contribution in [0.1, 0.15) is 15.9 Å². The summed E-state index contributed by atoms with van der Waals surface area (Å²) >= 11 is 1.69. The minimum Gasteiger partial charge on any atom is -0.497 e. The van der Waals surface area contributed by atoms with Gasteiger partial charge in [0.25, 0.3) is 5.91 Å². The second kappa shape index (κ2) is 9.22. The Morgan fingerprint density at radius 2 is 1.71 bits per heavy atom. The van der Waals surface area contributed by atoms with E-state index in [0.29, 0.717) is 37.5 Å². The third-order valence-electron chi connectivity index (χ3n) is 5.41. The van der Waals surface area contributed by atoms with Crippen molar-refractivity contribution in [3.8, 4) is 16.2 Å². The number of methoxy groups -OCH3 is 1. The average molecular weight is 436 g/mol. The number of nitrogens with zero attached hydrogens (tertiary/aromatic N) is 2. The molecule has 1 fully saturated rings. The molecule has 0 spiro atoms. The molecule has 2 heterocycles. The highest BCUT2D eigenvalue weighted by atomic mass is 32.1. The lowest BCUT2D eigenvalue weighted by Crippen LogP contribution is -2.51. The largest absolute Gasteiger partial charge is 0.497 e. The molecule has 1 aromatic heterocycles. The number of hydrogen-bond donors (Lipinski definition) is 1. The molecule has 2 aromatic carbocycles. The van der Waals surface area contributed by atoms with Crippen LogP contribution in [0.4, 0.5) is 10.5 Å². The van der Waals surface area contributed by atoms with Crippen LogP contribution in [0.25, 0.3) is 10.4 Å². The van der Waals surface area contributed by atoms with Gasteiger partial charge in [0.1, 0.15) is 5.75 Å². The Kier molecular flexibility index (Phi) is 6.23. The highest BCUT2D eigenvalue weighted by Crippen LogP contribution is 2.30. The van der Waals surface area contributed by atoms with Crippen LogP contribution in [0.15, 0.2) is 60.0 Å². The first-order valence-corrected chi connectivity index (χ1v) is 11.1. The van der Waals surface area contributed by atoms with Gasteiger partial charge < -0.3 is 19.9 Å². The normalized spacial score (nSPS) is 13.7. The summed E-state index contributed by atoms with van der Waals surface area (Å²) in [6.07, 6.45) is 0. The fourth-order valence-corrected chi connectivity index (χ4v) is 4.59. The molecule has 0 bridgehead atoms. The van der Waals surface area contributed by atoms with E-state index in [1.54, 1.807) is 40.4 Å². The fourth-order valence-electron chi connectivity index (χ4n) is 3.66. The summed E-state index contributed by atoms with van der Waals surface area (Å²) < 4.78 is 5.20. The predicted molar refractivity (Wildman–Crippen MR) is 124 cm³/mol. The molecule has 3 aromatic rings. The number of nitrogens with one attached hydrogen (secondary N) is 1. The van der Waals surface area contributed by atoms with Crippen molar-refractivity contribution in [2.45, 2.75) is 6.92 Å². The van der Waals surface area contributed by atoms with Crippen LogP contribution in [0.3, 0.4) is 0 Å². The van der Waals surface area contributed by atoms with Crippen LogP contribution in [-0.2, 0) is 0 Å². The summed E-state index contributed by atoms with van der Waals surface area (Å²) in [5, 5.41) is 5.07. The first-order valence-electron chi connectivity index (χ1n) is 10.2. The lowest BCUT2D eigenvalue weighted by atomic mass is 10.1. The summed E-state index contributed by atoms with van der Waals surface area (Å²) in [7, 11) is 1.58. The van der Waals surface area contributed by atoms with Crippen molar-refractivity contribution in [1.29, 1.82) is 0 Å². The molecule has 1 saturated heterocycles. The Morgan fingerprint density at radius 3 is 2.42 bits per heavy atom. The maximum absolute atomic E-state index is 12.8. The van der Waals surface area contributed by atoms with E-state index >= 15 is 0 Å². The van der Waals surface area contributed by atoms with Gasteiger partial charge in [-0.1, -0.05) is 18.2 Å². The van der Waals surface area contributed by atoms with E-state index in [0.717, 1.165) is 11.3 Å². The summed E-state index contributed by atoms with van der Waals surface area (Å²) in [4.78, 5) is 30.3. The van der Waals surface area contributed by atoms with Gasteiger partial charge in [-0.05, 0) is 59.8 Å². The van der Waals surface area contributed by atoms with Crippen LogP contribution in [-0.4, -0.2) is 55.0 Å². The molecule has 0 saturated carbocycles. The predicted octanol–water partition coefficient (Wildman–Crippen LogP) is 4.72. The Bertz CT molecular complexity index is 1090. The molecule has 6 nitrogen and oxygen atoms in total. The second-order valence-electron chi connectivity index (χ2n) is 7.45. The van der Waals surface area contributed by atoms with Crippen molar-refractivity contribution in [2.75, 3.05) is 38.6 Å². The molecule has 0 unspecified atom stereocenters. The number of anilines is 1. The van der Waals surface area contributed by atoms with E-state index in [9.17, 15) is 9.59 Å². The van der Waals surface area contributed by atoms with Crippen LogP contribution in [0.2, 0.25) is 0 Å². The van der Waals surface area contributed by atoms with Gasteiger partial charge in [0.15, 0.2) is 0 Å². The number of carbonyl (C=O) groups is 2. The molecular formula is C24H25N3O3S. The van der Waals surface area contributed by atoms with E-state index < -0.39 is 0 Å². The van der Waals surface area contributed by atoms with Gasteiger partial charge in [0.2, 0.25) is 0 Å². The number of amides is 3. The van der Waals surface area contributed by atoms with Crippen molar-refractivity contribution < 1.29 is 14.3 Å². The van der Waals surface area contributed by atoms with Crippen molar-refractivity contribution in [1.82, 2.24) is 9.80 Å². The van der Waals surface area contributed by atoms with Gasteiger partial charge >= 0.3 is 6.03 Å². The summed E-state index contributed by atoms with van der Waals surface area (Å²) in [5.74, 6) is 0.613. The number of carbonyl (C=O) groups excluding carboxylic acids is 2. The third kappa shape index (κ3) is 4.72. The van der Waals surface area contributed by atoms with Gasteiger partial charge in [-0.2, -0.15) is 0 Å². The monoisotopic (exact) mass is 435 g/mol. The molecule has 1 aliphatic rings. The van der Waals surface area contributed by atoms with Crippen molar-refractivity contribution >= 4 is 29.0 Å². The van der Waals surface area contributed by atoms with Gasteiger partial charge in [-0.15, -0.1) is 11.3 Å². The Labute approximate surface area is 186 Å². The van der Waals surface area contributed by atoms with E-state index in [1.807, 2.05) is 30.3 Å². The molecular weight excluding hydrogens is 410 g/mol. The number of aryl methyl sites for hydroxylation is 1. The number of benzene rings is 2. The van der Waals surface area contributed by atoms with E-state index in [2.05, 4.69) is 29.8 Å². The molecule has 160 valence electrons. The van der Waals surface area contributed by atoms with E-state index in [-0.39, 0.29) is 11.9 Å². The standard InChI is InChI=1S/C24H25N3O3S/c1-17-9-14-31-22(17)18-5-3-7-20(15-18)25-24(29)27-12-10-26(11-13-27)23(28)19-6-4-8-21(16-19)30-2/h3-9,14-16H,10-13H2,1-2H3,(H,25,29). The molecule has 1 aliphatic heterocycles. The zero-order valence-corrected chi connectivity index (χ0v) is 18.4. The number of ether oxygens (including phenoxy) is 1. The number of urea groups is 1. The molecule has 0 radical (unpaired) electrons. The molecule has 0 aliphatic carbocycles.